The Bertz CT molecular complexity index is 570. The molecule has 0 radical (unpaired) electrons. The van der Waals surface area contributed by atoms with Crippen LogP contribution >= 0.6 is 0 Å². The van der Waals surface area contributed by atoms with Gasteiger partial charge in [0.05, 0.1) is 17.2 Å². The van der Waals surface area contributed by atoms with Gasteiger partial charge in [0.15, 0.2) is 0 Å². The number of hydrogen-bond acceptors (Lipinski definition) is 2. The highest BCUT2D eigenvalue weighted by molar-refractivity contribution is 5.99. The van der Waals surface area contributed by atoms with Crippen molar-refractivity contribution in [2.75, 3.05) is 11.4 Å². The van der Waals surface area contributed by atoms with E-state index in [-0.39, 0.29) is 19.0 Å². The molecule has 108 valence electrons. The van der Waals surface area contributed by atoms with Gasteiger partial charge >= 0.3 is 12.1 Å². The number of alkyl halides is 3. The molecule has 1 aliphatic heterocycles. The van der Waals surface area contributed by atoms with Gasteiger partial charge in [-0.25, -0.2) is 4.39 Å². The Morgan fingerprint density at radius 3 is 2.50 bits per heavy atom. The van der Waals surface area contributed by atoms with Crippen LogP contribution in [0.1, 0.15) is 12.0 Å². The average Bonchev–Trinajstić information content (AvgIpc) is 2.70. The Kier molecular flexibility index (Phi) is 3.41. The predicted octanol–water partition coefficient (Wildman–Crippen LogP) is 2.28. The Morgan fingerprint density at radius 1 is 1.35 bits per heavy atom. The van der Waals surface area contributed by atoms with Gasteiger partial charge in [0, 0.05) is 13.0 Å². The maximum Gasteiger partial charge on any atom is 0.418 e. The Hall–Kier alpha value is -2.12. The van der Waals surface area contributed by atoms with Crippen molar-refractivity contribution >= 4 is 17.6 Å². The van der Waals surface area contributed by atoms with Gasteiger partial charge in [0.25, 0.3) is 0 Å². The number of amides is 1. The summed E-state index contributed by atoms with van der Waals surface area (Å²) in [6, 6.07) is 1.92. The average molecular weight is 291 g/mol. The first-order valence-electron chi connectivity index (χ1n) is 5.60. The van der Waals surface area contributed by atoms with Crippen molar-refractivity contribution in [1.29, 1.82) is 0 Å². The first-order chi connectivity index (χ1) is 9.20. The van der Waals surface area contributed by atoms with Crippen molar-refractivity contribution in [2.24, 2.45) is 5.92 Å². The number of carboxylic acid groups (broad SMARTS) is 1. The summed E-state index contributed by atoms with van der Waals surface area (Å²) < 4.78 is 51.5. The summed E-state index contributed by atoms with van der Waals surface area (Å²) in [6.07, 6.45) is -5.21. The van der Waals surface area contributed by atoms with Crippen LogP contribution in [0, 0.1) is 11.7 Å². The second-order valence-corrected chi connectivity index (χ2v) is 4.40. The number of anilines is 1. The van der Waals surface area contributed by atoms with Gasteiger partial charge in [0.1, 0.15) is 5.82 Å². The maximum absolute atomic E-state index is 13.0. The van der Waals surface area contributed by atoms with E-state index in [0.29, 0.717) is 0 Å². The zero-order valence-corrected chi connectivity index (χ0v) is 9.95. The normalized spacial score (nSPS) is 19.5. The van der Waals surface area contributed by atoms with Crippen LogP contribution in [0.15, 0.2) is 18.2 Å². The largest absolute Gasteiger partial charge is 0.481 e. The third-order valence-electron chi connectivity index (χ3n) is 3.03. The number of carbonyl (C=O) groups excluding carboxylic acids is 1. The van der Waals surface area contributed by atoms with Crippen LogP contribution in [0.3, 0.4) is 0 Å². The van der Waals surface area contributed by atoms with Crippen molar-refractivity contribution in [3.05, 3.63) is 29.6 Å². The molecule has 0 bridgehead atoms. The second kappa shape index (κ2) is 4.77. The van der Waals surface area contributed by atoms with E-state index < -0.39 is 41.0 Å². The predicted molar refractivity (Wildman–Crippen MR) is 59.5 cm³/mol. The Labute approximate surface area is 110 Å². The molecule has 4 nitrogen and oxygen atoms in total. The van der Waals surface area contributed by atoms with E-state index in [9.17, 15) is 27.2 Å². The Morgan fingerprint density at radius 2 is 2.00 bits per heavy atom. The van der Waals surface area contributed by atoms with Gasteiger partial charge in [0.2, 0.25) is 5.91 Å². The minimum absolute atomic E-state index is 0.288. The minimum Gasteiger partial charge on any atom is -0.481 e. The lowest BCUT2D eigenvalue weighted by atomic mass is 10.1. The van der Waals surface area contributed by atoms with Crippen LogP contribution in [0.4, 0.5) is 23.2 Å². The van der Waals surface area contributed by atoms with E-state index in [1.54, 1.807) is 0 Å². The molecule has 1 aromatic carbocycles. The zero-order valence-electron chi connectivity index (χ0n) is 9.95. The molecule has 1 amide bonds. The highest BCUT2D eigenvalue weighted by Crippen LogP contribution is 2.39. The molecule has 0 aliphatic carbocycles. The van der Waals surface area contributed by atoms with Crippen LogP contribution in [0.5, 0.6) is 0 Å². The number of nitrogens with zero attached hydrogens (tertiary/aromatic N) is 1. The van der Waals surface area contributed by atoms with Gasteiger partial charge in [-0.15, -0.1) is 0 Å². The van der Waals surface area contributed by atoms with E-state index in [4.69, 9.17) is 5.11 Å². The van der Waals surface area contributed by atoms with Gasteiger partial charge in [-0.2, -0.15) is 13.2 Å². The molecule has 0 spiro atoms. The van der Waals surface area contributed by atoms with Crippen molar-refractivity contribution in [3.63, 3.8) is 0 Å². The number of carboxylic acids is 1. The summed E-state index contributed by atoms with van der Waals surface area (Å²) in [5.41, 5.74) is -1.82. The van der Waals surface area contributed by atoms with Gasteiger partial charge in [-0.3, -0.25) is 9.59 Å². The molecular weight excluding hydrogens is 282 g/mol. The summed E-state index contributed by atoms with van der Waals surface area (Å²) in [7, 11) is 0. The van der Waals surface area contributed by atoms with Crippen molar-refractivity contribution in [1.82, 2.24) is 0 Å². The number of hydrogen-bond donors (Lipinski definition) is 1. The summed E-state index contributed by atoms with van der Waals surface area (Å²) >= 11 is 0. The topological polar surface area (TPSA) is 57.6 Å². The fraction of sp³-hybridized carbons (Fsp3) is 0.333. The summed E-state index contributed by atoms with van der Waals surface area (Å²) in [4.78, 5) is 23.2. The number of rotatable bonds is 2. The zero-order chi connectivity index (χ0) is 15.1. The van der Waals surface area contributed by atoms with Crippen LogP contribution in [-0.4, -0.2) is 23.5 Å². The van der Waals surface area contributed by atoms with Gasteiger partial charge in [-0.05, 0) is 18.2 Å². The molecule has 1 aliphatic rings. The number of benzene rings is 1. The maximum atomic E-state index is 13.0. The van der Waals surface area contributed by atoms with Crippen LogP contribution in [0.2, 0.25) is 0 Å². The van der Waals surface area contributed by atoms with Gasteiger partial charge in [-0.1, -0.05) is 0 Å². The molecule has 1 fully saturated rings. The summed E-state index contributed by atoms with van der Waals surface area (Å²) in [5, 5.41) is 8.81. The molecule has 1 N–H and O–H groups in total. The van der Waals surface area contributed by atoms with Crippen molar-refractivity contribution in [2.45, 2.75) is 12.6 Å². The first-order valence-corrected chi connectivity index (χ1v) is 5.60. The summed E-state index contributed by atoms with van der Waals surface area (Å²) in [6.45, 7) is -0.358. The highest BCUT2D eigenvalue weighted by Gasteiger charge is 2.41. The molecule has 1 saturated heterocycles. The lowest BCUT2D eigenvalue weighted by Crippen LogP contribution is -2.28. The van der Waals surface area contributed by atoms with Crippen LogP contribution in [0.25, 0.3) is 0 Å². The lowest BCUT2D eigenvalue weighted by molar-refractivity contribution is -0.141. The third-order valence-corrected chi connectivity index (χ3v) is 3.03. The van der Waals surface area contributed by atoms with E-state index in [1.165, 1.54) is 0 Å². The second-order valence-electron chi connectivity index (χ2n) is 4.40. The molecule has 2 rings (SSSR count). The monoisotopic (exact) mass is 291 g/mol. The van der Waals surface area contributed by atoms with Gasteiger partial charge < -0.3 is 10.0 Å². The lowest BCUT2D eigenvalue weighted by Gasteiger charge is -2.21. The van der Waals surface area contributed by atoms with Crippen molar-refractivity contribution < 1.29 is 32.3 Å². The van der Waals surface area contributed by atoms with Crippen LogP contribution < -0.4 is 4.90 Å². The van der Waals surface area contributed by atoms with Crippen LogP contribution in [-0.2, 0) is 15.8 Å². The molecule has 8 heteroatoms. The smallest absolute Gasteiger partial charge is 0.418 e. The van der Waals surface area contributed by atoms with Crippen molar-refractivity contribution in [3.8, 4) is 0 Å². The SMILES string of the molecule is O=C(O)C1CC(=O)N(c2ccc(F)cc2C(F)(F)F)C1. The Balaban J connectivity index is 2.43. The van der Waals surface area contributed by atoms with E-state index in [0.717, 1.165) is 17.0 Å². The standard InChI is InChI=1S/C12H9F4NO3/c13-7-1-2-9(8(4-7)12(14,15)16)17-5-6(11(19)20)3-10(17)18/h1-2,4,6H,3,5H2,(H,19,20). The van der Waals surface area contributed by atoms with E-state index in [1.807, 2.05) is 0 Å². The fourth-order valence-electron chi connectivity index (χ4n) is 2.08. The molecule has 1 unspecified atom stereocenters. The number of carbonyl (C=O) groups is 2. The van der Waals surface area contributed by atoms with E-state index >= 15 is 0 Å². The van der Waals surface area contributed by atoms with E-state index in [2.05, 4.69) is 0 Å². The highest BCUT2D eigenvalue weighted by atomic mass is 19.4. The fourth-order valence-corrected chi connectivity index (χ4v) is 2.08. The quantitative estimate of drug-likeness (QED) is 0.850. The molecular formula is C12H9F4NO3. The molecule has 1 aromatic rings. The molecule has 1 heterocycles. The molecule has 20 heavy (non-hydrogen) atoms. The number of halogens is 4. The molecule has 0 saturated carbocycles. The summed E-state index contributed by atoms with van der Waals surface area (Å²) in [5.74, 6) is -4.12. The number of aliphatic carboxylic acids is 1. The first kappa shape index (κ1) is 14.3. The molecule has 0 aromatic heterocycles. The molecule has 1 atom stereocenters. The third kappa shape index (κ3) is 2.59. The minimum atomic E-state index is -4.83.